The van der Waals surface area contributed by atoms with Gasteiger partial charge in [0.05, 0.1) is 0 Å². The van der Waals surface area contributed by atoms with Crippen LogP contribution in [0.4, 0.5) is 0 Å². The van der Waals surface area contributed by atoms with Crippen LogP contribution < -0.4 is 5.32 Å². The van der Waals surface area contributed by atoms with E-state index in [-0.39, 0.29) is 0 Å². The molecule has 0 bridgehead atoms. The average Bonchev–Trinajstić information content (AvgIpc) is 2.37. The summed E-state index contributed by atoms with van der Waals surface area (Å²) in [5.74, 6) is 0. The summed E-state index contributed by atoms with van der Waals surface area (Å²) in [6, 6.07) is 6.92. The number of ether oxygens (including phenoxy) is 1. The third-order valence-corrected chi connectivity index (χ3v) is 4.21. The van der Waals surface area contributed by atoms with E-state index in [1.54, 1.807) is 7.11 Å². The molecule has 0 saturated heterocycles. The molecule has 1 aromatic rings. The van der Waals surface area contributed by atoms with Crippen LogP contribution in [0.15, 0.2) is 22.7 Å². The van der Waals surface area contributed by atoms with E-state index in [1.165, 1.54) is 13.6 Å². The van der Waals surface area contributed by atoms with Crippen molar-refractivity contribution in [3.63, 3.8) is 0 Å². The van der Waals surface area contributed by atoms with E-state index in [4.69, 9.17) is 4.74 Å². The number of hydrogen-bond donors (Lipinski definition) is 1. The Kier molecular flexibility index (Phi) is 8.46. The topological polar surface area (TPSA) is 21.3 Å². The summed E-state index contributed by atoms with van der Waals surface area (Å²) in [5.41, 5.74) is 1.35. The maximum absolute atomic E-state index is 5.15. The van der Waals surface area contributed by atoms with Gasteiger partial charge >= 0.3 is 0 Å². The zero-order valence-corrected chi connectivity index (χ0v) is 14.8. The smallest absolute Gasteiger partial charge is 0.0462 e. The highest BCUT2D eigenvalue weighted by Gasteiger charge is 2.13. The number of nitrogens with one attached hydrogen (secondary N) is 1. The normalized spacial score (nSPS) is 12.7. The van der Waals surface area contributed by atoms with Crippen LogP contribution in [0.25, 0.3) is 0 Å². The van der Waals surface area contributed by atoms with Crippen molar-refractivity contribution in [2.45, 2.75) is 32.2 Å². The monoisotopic (exact) mass is 425 g/mol. The van der Waals surface area contributed by atoms with Crippen molar-refractivity contribution in [3.05, 3.63) is 31.8 Å². The number of methoxy groups -OCH3 is 1. The number of hydrogen-bond acceptors (Lipinski definition) is 2. The molecule has 1 unspecified atom stereocenters. The molecule has 0 amide bonds. The van der Waals surface area contributed by atoms with Gasteiger partial charge in [-0.15, -0.1) is 0 Å². The molecular weight excluding hydrogens is 405 g/mol. The highest BCUT2D eigenvalue weighted by atomic mass is 127. The summed E-state index contributed by atoms with van der Waals surface area (Å²) >= 11 is 6.02. The molecule has 0 spiro atoms. The molecule has 4 heteroatoms. The van der Waals surface area contributed by atoms with Gasteiger partial charge in [0.1, 0.15) is 0 Å². The molecule has 0 radical (unpaired) electrons. The largest absolute Gasteiger partial charge is 0.385 e. The van der Waals surface area contributed by atoms with Gasteiger partial charge in [-0.3, -0.25) is 0 Å². The lowest BCUT2D eigenvalue weighted by Gasteiger charge is -2.20. The van der Waals surface area contributed by atoms with Crippen molar-refractivity contribution >= 4 is 38.5 Å². The Hall–Kier alpha value is 0.350. The molecule has 0 aromatic heterocycles. The van der Waals surface area contributed by atoms with Crippen molar-refractivity contribution in [1.82, 2.24) is 5.32 Å². The summed E-state index contributed by atoms with van der Waals surface area (Å²) < 4.78 is 7.61. The van der Waals surface area contributed by atoms with E-state index in [0.717, 1.165) is 32.4 Å². The van der Waals surface area contributed by atoms with Crippen LogP contribution in [0, 0.1) is 3.57 Å². The first-order valence-electron chi connectivity index (χ1n) is 6.36. The van der Waals surface area contributed by atoms with E-state index in [1.807, 2.05) is 0 Å². The third kappa shape index (κ3) is 5.55. The Morgan fingerprint density at radius 1 is 1.44 bits per heavy atom. The molecule has 1 N–H and O–H groups in total. The second kappa shape index (κ2) is 9.28. The van der Waals surface area contributed by atoms with E-state index in [9.17, 15) is 0 Å². The molecule has 0 saturated carbocycles. The van der Waals surface area contributed by atoms with Crippen LogP contribution in [-0.4, -0.2) is 20.3 Å². The molecular formula is C14H21BrINO. The van der Waals surface area contributed by atoms with Crippen LogP contribution in [0.3, 0.4) is 0 Å². The Morgan fingerprint density at radius 2 is 2.22 bits per heavy atom. The van der Waals surface area contributed by atoms with Gasteiger partial charge in [0, 0.05) is 27.8 Å². The highest BCUT2D eigenvalue weighted by Crippen LogP contribution is 2.28. The van der Waals surface area contributed by atoms with E-state index in [2.05, 4.69) is 69.0 Å². The second-order valence-corrected chi connectivity index (χ2v) is 6.41. The third-order valence-electron chi connectivity index (χ3n) is 2.82. The minimum absolute atomic E-state index is 0.407. The maximum atomic E-state index is 5.15. The lowest BCUT2D eigenvalue weighted by molar-refractivity contribution is 0.188. The van der Waals surface area contributed by atoms with Crippen LogP contribution >= 0.6 is 38.5 Å². The fraction of sp³-hybridized carbons (Fsp3) is 0.571. The van der Waals surface area contributed by atoms with E-state index < -0.39 is 0 Å². The molecule has 1 aromatic carbocycles. The van der Waals surface area contributed by atoms with Crippen molar-refractivity contribution in [3.8, 4) is 0 Å². The van der Waals surface area contributed by atoms with Crippen molar-refractivity contribution < 1.29 is 4.74 Å². The van der Waals surface area contributed by atoms with Crippen molar-refractivity contribution in [1.29, 1.82) is 0 Å². The summed E-state index contributed by atoms with van der Waals surface area (Å²) in [7, 11) is 1.76. The Labute approximate surface area is 132 Å². The van der Waals surface area contributed by atoms with Gasteiger partial charge in [-0.25, -0.2) is 0 Å². The molecule has 0 aliphatic rings. The zero-order chi connectivity index (χ0) is 13.4. The minimum atomic E-state index is 0.407. The van der Waals surface area contributed by atoms with Gasteiger partial charge in [-0.1, -0.05) is 22.9 Å². The summed E-state index contributed by atoms with van der Waals surface area (Å²) in [4.78, 5) is 0. The molecule has 1 rings (SSSR count). The van der Waals surface area contributed by atoms with Crippen LogP contribution in [0.5, 0.6) is 0 Å². The quantitative estimate of drug-likeness (QED) is 0.488. The Bertz CT molecular complexity index is 360. The van der Waals surface area contributed by atoms with Gasteiger partial charge in [0.25, 0.3) is 0 Å². The molecule has 0 aliphatic carbocycles. The van der Waals surface area contributed by atoms with Crippen LogP contribution in [-0.2, 0) is 4.74 Å². The van der Waals surface area contributed by atoms with Crippen LogP contribution in [0.1, 0.15) is 37.8 Å². The van der Waals surface area contributed by atoms with E-state index >= 15 is 0 Å². The average molecular weight is 426 g/mol. The number of halogens is 2. The SMILES string of the molecule is CCCNC(CCCOC)c1cc(I)ccc1Br. The standard InChI is InChI=1S/C14H21BrINO/c1-3-8-17-14(5-4-9-18-2)12-10-11(16)6-7-13(12)15/h6-7,10,14,17H,3-5,8-9H2,1-2H3. The Balaban J connectivity index is 2.75. The van der Waals surface area contributed by atoms with Crippen LogP contribution in [0.2, 0.25) is 0 Å². The predicted molar refractivity (Wildman–Crippen MR) is 89.0 cm³/mol. The van der Waals surface area contributed by atoms with Gasteiger partial charge in [0.15, 0.2) is 0 Å². The van der Waals surface area contributed by atoms with Gasteiger partial charge in [-0.05, 0) is 72.2 Å². The lowest BCUT2D eigenvalue weighted by atomic mass is 10.0. The fourth-order valence-electron chi connectivity index (χ4n) is 1.90. The summed E-state index contributed by atoms with van der Waals surface area (Å²) in [6.07, 6.45) is 3.34. The number of benzene rings is 1. The Morgan fingerprint density at radius 3 is 2.89 bits per heavy atom. The minimum Gasteiger partial charge on any atom is -0.385 e. The molecule has 102 valence electrons. The first-order valence-corrected chi connectivity index (χ1v) is 8.23. The number of rotatable bonds is 8. The van der Waals surface area contributed by atoms with E-state index in [0.29, 0.717) is 6.04 Å². The van der Waals surface area contributed by atoms with Gasteiger partial charge in [-0.2, -0.15) is 0 Å². The van der Waals surface area contributed by atoms with Crippen molar-refractivity contribution in [2.75, 3.05) is 20.3 Å². The summed E-state index contributed by atoms with van der Waals surface area (Å²) in [6.45, 7) is 4.07. The zero-order valence-electron chi connectivity index (χ0n) is 11.0. The van der Waals surface area contributed by atoms with Gasteiger partial charge < -0.3 is 10.1 Å². The molecule has 0 aliphatic heterocycles. The molecule has 2 nitrogen and oxygen atoms in total. The first kappa shape index (κ1) is 16.4. The summed E-state index contributed by atoms with van der Waals surface area (Å²) in [5, 5.41) is 3.62. The molecule has 0 heterocycles. The van der Waals surface area contributed by atoms with Crippen molar-refractivity contribution in [2.24, 2.45) is 0 Å². The molecule has 18 heavy (non-hydrogen) atoms. The molecule has 1 atom stereocenters. The molecule has 0 fully saturated rings. The first-order chi connectivity index (χ1) is 8.69. The highest BCUT2D eigenvalue weighted by molar-refractivity contribution is 14.1. The lowest BCUT2D eigenvalue weighted by Crippen LogP contribution is -2.23. The second-order valence-electron chi connectivity index (χ2n) is 4.31. The fourth-order valence-corrected chi connectivity index (χ4v) is 2.94. The maximum Gasteiger partial charge on any atom is 0.0462 e. The predicted octanol–water partition coefficient (Wildman–Crippen LogP) is 4.52. The van der Waals surface area contributed by atoms with Gasteiger partial charge in [0.2, 0.25) is 0 Å².